The summed E-state index contributed by atoms with van der Waals surface area (Å²) in [7, 11) is 0. The van der Waals surface area contributed by atoms with Crippen molar-refractivity contribution in [3.63, 3.8) is 0 Å². The van der Waals surface area contributed by atoms with Crippen LogP contribution in [0.1, 0.15) is 15.9 Å². The van der Waals surface area contributed by atoms with Crippen LogP contribution in [0.25, 0.3) is 10.9 Å². The maximum Gasteiger partial charge on any atom is 0.257 e. The van der Waals surface area contributed by atoms with Crippen LogP contribution in [-0.4, -0.2) is 10.9 Å². The van der Waals surface area contributed by atoms with Gasteiger partial charge in [0.25, 0.3) is 5.91 Å². The Morgan fingerprint density at radius 3 is 2.90 bits per heavy atom. The summed E-state index contributed by atoms with van der Waals surface area (Å²) < 4.78 is 13.1. The minimum atomic E-state index is -0.363. The van der Waals surface area contributed by atoms with E-state index >= 15 is 0 Å². The fraction of sp³-hybridized carbons (Fsp3) is 0. The normalized spacial score (nSPS) is 10.3. The van der Waals surface area contributed by atoms with Crippen LogP contribution in [0, 0.1) is 17.1 Å². The summed E-state index contributed by atoms with van der Waals surface area (Å²) in [6.45, 7) is 0. The maximum atomic E-state index is 13.1. The number of nitriles is 1. The van der Waals surface area contributed by atoms with E-state index in [-0.39, 0.29) is 11.7 Å². The van der Waals surface area contributed by atoms with E-state index in [1.54, 1.807) is 30.3 Å². The molecule has 1 heterocycles. The molecule has 3 rings (SSSR count). The van der Waals surface area contributed by atoms with Gasteiger partial charge in [0.15, 0.2) is 0 Å². The van der Waals surface area contributed by atoms with Crippen molar-refractivity contribution in [2.75, 3.05) is 5.32 Å². The minimum Gasteiger partial charge on any atom is -0.360 e. The van der Waals surface area contributed by atoms with Gasteiger partial charge < -0.3 is 10.3 Å². The maximum absolute atomic E-state index is 13.1. The number of anilines is 1. The summed E-state index contributed by atoms with van der Waals surface area (Å²) in [4.78, 5) is 15.1. The monoisotopic (exact) mass is 279 g/mol. The van der Waals surface area contributed by atoms with Crippen molar-refractivity contribution in [2.24, 2.45) is 0 Å². The number of aromatic amines is 1. The standard InChI is InChI=1S/C16H10FN3O/c17-11-4-5-13-14(9-19-15(13)7-11)16(21)20-12-3-1-2-10(6-12)8-18/h1-7,9,19H,(H,20,21). The molecular weight excluding hydrogens is 269 g/mol. The molecule has 1 amide bonds. The van der Waals surface area contributed by atoms with E-state index in [2.05, 4.69) is 10.3 Å². The Morgan fingerprint density at radius 2 is 2.10 bits per heavy atom. The van der Waals surface area contributed by atoms with E-state index in [0.717, 1.165) is 0 Å². The van der Waals surface area contributed by atoms with Gasteiger partial charge >= 0.3 is 0 Å². The molecule has 5 heteroatoms. The first-order chi connectivity index (χ1) is 10.2. The third-order valence-corrected chi connectivity index (χ3v) is 3.14. The van der Waals surface area contributed by atoms with Gasteiger partial charge in [0.2, 0.25) is 0 Å². The van der Waals surface area contributed by atoms with Crippen LogP contribution < -0.4 is 5.32 Å². The van der Waals surface area contributed by atoms with Crippen LogP contribution in [0.4, 0.5) is 10.1 Å². The summed E-state index contributed by atoms with van der Waals surface area (Å²) in [5.74, 6) is -0.680. The molecule has 0 bridgehead atoms. The van der Waals surface area contributed by atoms with Crippen molar-refractivity contribution in [3.05, 3.63) is 65.6 Å². The van der Waals surface area contributed by atoms with Crippen LogP contribution in [0.2, 0.25) is 0 Å². The van der Waals surface area contributed by atoms with Crippen molar-refractivity contribution in [3.8, 4) is 6.07 Å². The van der Waals surface area contributed by atoms with Gasteiger partial charge in [-0.3, -0.25) is 4.79 Å². The number of carbonyl (C=O) groups is 1. The molecule has 21 heavy (non-hydrogen) atoms. The highest BCUT2D eigenvalue weighted by Crippen LogP contribution is 2.20. The second-order valence-electron chi connectivity index (χ2n) is 4.54. The number of rotatable bonds is 2. The second-order valence-corrected chi connectivity index (χ2v) is 4.54. The third kappa shape index (κ3) is 2.47. The van der Waals surface area contributed by atoms with Gasteiger partial charge in [-0.15, -0.1) is 0 Å². The highest BCUT2D eigenvalue weighted by Gasteiger charge is 2.12. The van der Waals surface area contributed by atoms with Crippen molar-refractivity contribution in [1.82, 2.24) is 4.98 Å². The van der Waals surface area contributed by atoms with Crippen LogP contribution in [0.15, 0.2) is 48.7 Å². The number of amides is 1. The highest BCUT2D eigenvalue weighted by molar-refractivity contribution is 6.12. The van der Waals surface area contributed by atoms with Gasteiger partial charge in [0.1, 0.15) is 5.82 Å². The quantitative estimate of drug-likeness (QED) is 0.754. The Balaban J connectivity index is 1.92. The number of carbonyl (C=O) groups excluding carboxylic acids is 1. The summed E-state index contributed by atoms with van der Waals surface area (Å²) in [5.41, 5.74) is 1.99. The van der Waals surface area contributed by atoms with E-state index in [9.17, 15) is 9.18 Å². The zero-order valence-corrected chi connectivity index (χ0v) is 10.9. The second kappa shape index (κ2) is 5.10. The minimum absolute atomic E-state index is 0.317. The molecule has 0 aliphatic heterocycles. The van der Waals surface area contributed by atoms with Crippen LogP contribution in [-0.2, 0) is 0 Å². The molecule has 0 spiro atoms. The Labute approximate surface area is 119 Å². The number of H-pyrrole nitrogens is 1. The fourth-order valence-corrected chi connectivity index (χ4v) is 2.15. The van der Waals surface area contributed by atoms with Crippen molar-refractivity contribution in [1.29, 1.82) is 5.26 Å². The van der Waals surface area contributed by atoms with Gasteiger partial charge in [0.05, 0.1) is 17.2 Å². The first kappa shape index (κ1) is 12.9. The molecule has 0 aliphatic carbocycles. The van der Waals surface area contributed by atoms with Crippen LogP contribution >= 0.6 is 0 Å². The lowest BCUT2D eigenvalue weighted by Crippen LogP contribution is -2.11. The summed E-state index contributed by atoms with van der Waals surface area (Å²) in [5, 5.41) is 12.2. The first-order valence-electron chi connectivity index (χ1n) is 6.25. The number of aromatic nitrogens is 1. The molecule has 0 atom stereocenters. The lowest BCUT2D eigenvalue weighted by molar-refractivity contribution is 0.102. The Hall–Kier alpha value is -3.13. The Bertz CT molecular complexity index is 877. The van der Waals surface area contributed by atoms with Crippen molar-refractivity contribution in [2.45, 2.75) is 0 Å². The van der Waals surface area contributed by atoms with E-state index in [1.165, 1.54) is 18.3 Å². The molecule has 102 valence electrons. The lowest BCUT2D eigenvalue weighted by Gasteiger charge is -2.04. The zero-order chi connectivity index (χ0) is 14.8. The molecule has 0 aliphatic rings. The van der Waals surface area contributed by atoms with Gasteiger partial charge in [-0.25, -0.2) is 4.39 Å². The predicted octanol–water partition coefficient (Wildman–Crippen LogP) is 3.43. The number of halogens is 1. The van der Waals surface area contributed by atoms with Gasteiger partial charge in [-0.1, -0.05) is 6.07 Å². The van der Waals surface area contributed by atoms with Crippen LogP contribution in [0.3, 0.4) is 0 Å². The lowest BCUT2D eigenvalue weighted by atomic mass is 10.1. The number of fused-ring (bicyclic) bond motifs is 1. The van der Waals surface area contributed by atoms with Gasteiger partial charge in [-0.2, -0.15) is 5.26 Å². The number of hydrogen-bond donors (Lipinski definition) is 2. The molecule has 0 unspecified atom stereocenters. The smallest absolute Gasteiger partial charge is 0.257 e. The largest absolute Gasteiger partial charge is 0.360 e. The predicted molar refractivity (Wildman–Crippen MR) is 77.4 cm³/mol. The molecule has 4 nitrogen and oxygen atoms in total. The summed E-state index contributed by atoms with van der Waals surface area (Å²) in [6.07, 6.45) is 1.54. The molecule has 0 fully saturated rings. The van der Waals surface area contributed by atoms with E-state index in [1.807, 2.05) is 6.07 Å². The number of hydrogen-bond acceptors (Lipinski definition) is 2. The molecule has 2 N–H and O–H groups in total. The molecule has 0 saturated heterocycles. The topological polar surface area (TPSA) is 68.7 Å². The summed E-state index contributed by atoms with van der Waals surface area (Å²) in [6, 6.07) is 12.9. The van der Waals surface area contributed by atoms with E-state index in [0.29, 0.717) is 27.7 Å². The SMILES string of the molecule is N#Cc1cccc(NC(=O)c2c[nH]c3cc(F)ccc23)c1. The fourth-order valence-electron chi connectivity index (χ4n) is 2.15. The Morgan fingerprint density at radius 1 is 1.24 bits per heavy atom. The molecular formula is C16H10FN3O. The zero-order valence-electron chi connectivity index (χ0n) is 10.9. The van der Waals surface area contributed by atoms with Gasteiger partial charge in [0, 0.05) is 22.8 Å². The molecule has 1 aromatic heterocycles. The average molecular weight is 279 g/mol. The number of nitrogens with zero attached hydrogens (tertiary/aromatic N) is 1. The first-order valence-corrected chi connectivity index (χ1v) is 6.25. The molecule has 0 saturated carbocycles. The van der Waals surface area contributed by atoms with Crippen molar-refractivity contribution < 1.29 is 9.18 Å². The van der Waals surface area contributed by atoms with Crippen LogP contribution in [0.5, 0.6) is 0 Å². The Kier molecular flexibility index (Phi) is 3.13. The summed E-state index contributed by atoms with van der Waals surface area (Å²) >= 11 is 0. The average Bonchev–Trinajstić information content (AvgIpc) is 2.90. The van der Waals surface area contributed by atoms with Crippen molar-refractivity contribution >= 4 is 22.5 Å². The highest BCUT2D eigenvalue weighted by atomic mass is 19.1. The van der Waals surface area contributed by atoms with E-state index < -0.39 is 0 Å². The molecule has 0 radical (unpaired) electrons. The number of nitrogens with one attached hydrogen (secondary N) is 2. The molecule has 2 aromatic carbocycles. The third-order valence-electron chi connectivity index (χ3n) is 3.14. The number of benzene rings is 2. The van der Waals surface area contributed by atoms with Gasteiger partial charge in [-0.05, 0) is 36.4 Å². The van der Waals surface area contributed by atoms with E-state index in [4.69, 9.17) is 5.26 Å². The molecule has 3 aromatic rings.